The molecule has 0 aromatic heterocycles. The molecule has 0 spiro atoms. The van der Waals surface area contributed by atoms with Crippen LogP contribution in [-0.2, 0) is 11.3 Å². The first-order valence-electron chi connectivity index (χ1n) is 6.61. The summed E-state index contributed by atoms with van der Waals surface area (Å²) >= 11 is 3.37. The zero-order chi connectivity index (χ0) is 15.1. The molecule has 0 fully saturated rings. The summed E-state index contributed by atoms with van der Waals surface area (Å²) in [5, 5.41) is 3.19. The monoisotopic (exact) mass is 353 g/mol. The fourth-order valence-electron chi connectivity index (χ4n) is 1.85. The summed E-state index contributed by atoms with van der Waals surface area (Å²) in [6, 6.07) is 12.2. The predicted octanol–water partition coefficient (Wildman–Crippen LogP) is 4.12. The molecule has 0 aliphatic rings. The smallest absolute Gasteiger partial charge is 0.167 e. The van der Waals surface area contributed by atoms with Crippen LogP contribution in [0.4, 0.5) is 4.39 Å². The van der Waals surface area contributed by atoms with Gasteiger partial charge in [0.1, 0.15) is 5.75 Å². The van der Waals surface area contributed by atoms with Crippen LogP contribution in [0.5, 0.6) is 11.5 Å². The van der Waals surface area contributed by atoms with Gasteiger partial charge in [0, 0.05) is 30.2 Å². The highest BCUT2D eigenvalue weighted by Crippen LogP contribution is 2.29. The molecule has 5 heteroatoms. The van der Waals surface area contributed by atoms with Crippen molar-refractivity contribution >= 4 is 15.9 Å². The Hall–Kier alpha value is -1.43. The van der Waals surface area contributed by atoms with Gasteiger partial charge in [-0.1, -0.05) is 34.1 Å². The Bertz CT molecular complexity index is 592. The molecule has 0 amide bonds. The first-order valence-corrected chi connectivity index (χ1v) is 7.40. The zero-order valence-electron chi connectivity index (χ0n) is 11.7. The highest BCUT2D eigenvalue weighted by molar-refractivity contribution is 9.10. The van der Waals surface area contributed by atoms with Gasteiger partial charge in [-0.25, -0.2) is 4.39 Å². The van der Waals surface area contributed by atoms with E-state index < -0.39 is 0 Å². The number of halogens is 2. The molecule has 0 saturated carbocycles. The van der Waals surface area contributed by atoms with E-state index in [1.165, 1.54) is 6.07 Å². The molecule has 2 aromatic rings. The van der Waals surface area contributed by atoms with E-state index in [0.29, 0.717) is 25.4 Å². The van der Waals surface area contributed by atoms with Crippen molar-refractivity contribution < 1.29 is 13.9 Å². The topological polar surface area (TPSA) is 30.5 Å². The summed E-state index contributed by atoms with van der Waals surface area (Å²) in [6.07, 6.45) is 0. The second-order valence-corrected chi connectivity index (χ2v) is 5.37. The van der Waals surface area contributed by atoms with E-state index in [9.17, 15) is 4.39 Å². The summed E-state index contributed by atoms with van der Waals surface area (Å²) in [5.41, 5.74) is 0.770. The predicted molar refractivity (Wildman–Crippen MR) is 84.2 cm³/mol. The molecule has 0 heterocycles. The summed E-state index contributed by atoms with van der Waals surface area (Å²) in [5.74, 6) is 0.467. The maximum absolute atomic E-state index is 14.0. The van der Waals surface area contributed by atoms with E-state index >= 15 is 0 Å². The van der Waals surface area contributed by atoms with Gasteiger partial charge in [-0.15, -0.1) is 0 Å². The second kappa shape index (κ2) is 8.12. The molecule has 1 N–H and O–H groups in total. The summed E-state index contributed by atoms with van der Waals surface area (Å²) < 4.78 is 25.6. The van der Waals surface area contributed by atoms with Gasteiger partial charge in [0.05, 0.1) is 6.61 Å². The van der Waals surface area contributed by atoms with E-state index in [2.05, 4.69) is 21.2 Å². The highest BCUT2D eigenvalue weighted by atomic mass is 79.9. The average molecular weight is 354 g/mol. The molecule has 2 aromatic carbocycles. The third kappa shape index (κ3) is 4.81. The van der Waals surface area contributed by atoms with Gasteiger partial charge >= 0.3 is 0 Å². The largest absolute Gasteiger partial charge is 0.454 e. The van der Waals surface area contributed by atoms with Crippen molar-refractivity contribution in [3.63, 3.8) is 0 Å². The lowest BCUT2D eigenvalue weighted by atomic mass is 10.2. The van der Waals surface area contributed by atoms with Gasteiger partial charge in [-0.05, 0) is 24.3 Å². The SMILES string of the molecule is COCCNCc1cccc(F)c1Oc1cccc(Br)c1. The van der Waals surface area contributed by atoms with Crippen molar-refractivity contribution in [1.82, 2.24) is 5.32 Å². The van der Waals surface area contributed by atoms with Gasteiger partial charge in [0.15, 0.2) is 11.6 Å². The minimum atomic E-state index is -0.374. The van der Waals surface area contributed by atoms with Crippen LogP contribution in [-0.4, -0.2) is 20.3 Å². The van der Waals surface area contributed by atoms with Crippen molar-refractivity contribution in [3.05, 3.63) is 58.3 Å². The van der Waals surface area contributed by atoms with Gasteiger partial charge in [0.25, 0.3) is 0 Å². The molecule has 2 rings (SSSR count). The lowest BCUT2D eigenvalue weighted by molar-refractivity contribution is 0.199. The van der Waals surface area contributed by atoms with Crippen LogP contribution in [0.3, 0.4) is 0 Å². The Morgan fingerprint density at radius 1 is 1.19 bits per heavy atom. The van der Waals surface area contributed by atoms with Crippen molar-refractivity contribution in [2.45, 2.75) is 6.54 Å². The summed E-state index contributed by atoms with van der Waals surface area (Å²) in [4.78, 5) is 0. The molecule has 0 aliphatic heterocycles. The number of rotatable bonds is 7. The van der Waals surface area contributed by atoms with Crippen molar-refractivity contribution in [1.29, 1.82) is 0 Å². The Balaban J connectivity index is 2.13. The number of hydrogen-bond acceptors (Lipinski definition) is 3. The van der Waals surface area contributed by atoms with E-state index in [1.807, 2.05) is 18.2 Å². The van der Waals surface area contributed by atoms with Crippen LogP contribution < -0.4 is 10.1 Å². The molecule has 0 radical (unpaired) electrons. The first-order chi connectivity index (χ1) is 10.2. The number of hydrogen-bond donors (Lipinski definition) is 1. The molecular weight excluding hydrogens is 337 g/mol. The lowest BCUT2D eigenvalue weighted by Crippen LogP contribution is -2.19. The molecule has 112 valence electrons. The normalized spacial score (nSPS) is 10.6. The Labute approximate surface area is 132 Å². The zero-order valence-corrected chi connectivity index (χ0v) is 13.3. The van der Waals surface area contributed by atoms with Crippen molar-refractivity contribution in [2.75, 3.05) is 20.3 Å². The molecule has 0 unspecified atom stereocenters. The lowest BCUT2D eigenvalue weighted by Gasteiger charge is -2.13. The number of para-hydroxylation sites is 1. The number of methoxy groups -OCH3 is 1. The van der Waals surface area contributed by atoms with Crippen LogP contribution in [0.1, 0.15) is 5.56 Å². The van der Waals surface area contributed by atoms with Crippen LogP contribution in [0, 0.1) is 5.82 Å². The average Bonchev–Trinajstić information content (AvgIpc) is 2.47. The van der Waals surface area contributed by atoms with Crippen molar-refractivity contribution in [3.8, 4) is 11.5 Å². The van der Waals surface area contributed by atoms with Gasteiger partial charge in [0.2, 0.25) is 0 Å². The third-order valence-corrected chi connectivity index (χ3v) is 3.36. The molecule has 3 nitrogen and oxygen atoms in total. The second-order valence-electron chi connectivity index (χ2n) is 4.46. The fraction of sp³-hybridized carbons (Fsp3) is 0.250. The molecular formula is C16H17BrFNO2. The van der Waals surface area contributed by atoms with Crippen LogP contribution >= 0.6 is 15.9 Å². The molecule has 0 bridgehead atoms. The van der Waals surface area contributed by atoms with Crippen LogP contribution in [0.25, 0.3) is 0 Å². The van der Waals surface area contributed by atoms with Crippen LogP contribution in [0.2, 0.25) is 0 Å². The molecule has 0 saturated heterocycles. The Morgan fingerprint density at radius 2 is 2.00 bits per heavy atom. The fourth-order valence-corrected chi connectivity index (χ4v) is 2.23. The van der Waals surface area contributed by atoms with Crippen LogP contribution in [0.15, 0.2) is 46.9 Å². The highest BCUT2D eigenvalue weighted by Gasteiger charge is 2.11. The summed E-state index contributed by atoms with van der Waals surface area (Å²) in [6.45, 7) is 1.82. The van der Waals surface area contributed by atoms with E-state index in [4.69, 9.17) is 9.47 Å². The first kappa shape index (κ1) is 15.9. The minimum absolute atomic E-state index is 0.250. The number of ether oxygens (including phenoxy) is 2. The van der Waals surface area contributed by atoms with Gasteiger partial charge in [-0.2, -0.15) is 0 Å². The molecule has 21 heavy (non-hydrogen) atoms. The maximum Gasteiger partial charge on any atom is 0.167 e. The maximum atomic E-state index is 14.0. The Morgan fingerprint density at radius 3 is 2.76 bits per heavy atom. The van der Waals surface area contributed by atoms with Gasteiger partial charge in [-0.3, -0.25) is 0 Å². The van der Waals surface area contributed by atoms with E-state index in [0.717, 1.165) is 10.0 Å². The van der Waals surface area contributed by atoms with Gasteiger partial charge < -0.3 is 14.8 Å². The van der Waals surface area contributed by atoms with E-state index in [-0.39, 0.29) is 11.6 Å². The Kier molecular flexibility index (Phi) is 6.17. The standard InChI is InChI=1S/C16H17BrFNO2/c1-20-9-8-19-11-12-4-2-7-15(18)16(12)21-14-6-3-5-13(17)10-14/h2-7,10,19H,8-9,11H2,1H3. The van der Waals surface area contributed by atoms with Crippen molar-refractivity contribution in [2.24, 2.45) is 0 Å². The van der Waals surface area contributed by atoms with E-state index in [1.54, 1.807) is 25.3 Å². The molecule has 0 aliphatic carbocycles. The quantitative estimate of drug-likeness (QED) is 0.759. The number of benzene rings is 2. The summed E-state index contributed by atoms with van der Waals surface area (Å²) in [7, 11) is 1.64. The minimum Gasteiger partial charge on any atom is -0.454 e. The third-order valence-electron chi connectivity index (χ3n) is 2.86. The molecule has 0 atom stereocenters. The number of nitrogens with one attached hydrogen (secondary N) is 1.